The zero-order valence-corrected chi connectivity index (χ0v) is 16.0. The molecule has 0 atom stereocenters. The molecule has 0 amide bonds. The molecule has 0 saturated carbocycles. The molecule has 0 aliphatic rings. The van der Waals surface area contributed by atoms with Gasteiger partial charge in [0.2, 0.25) is 0 Å². The Bertz CT molecular complexity index is 1010. The number of aromatic nitrogens is 3. The van der Waals surface area contributed by atoms with Gasteiger partial charge in [-0.05, 0) is 48.0 Å². The maximum Gasteiger partial charge on any atom is 0.200 e. The van der Waals surface area contributed by atoms with Crippen molar-refractivity contribution in [3.8, 4) is 28.6 Å². The van der Waals surface area contributed by atoms with Crippen molar-refractivity contribution < 1.29 is 10.2 Å². The molecule has 6 nitrogen and oxygen atoms in total. The molecule has 0 unspecified atom stereocenters. The first-order valence-electron chi connectivity index (χ1n) is 8.31. The van der Waals surface area contributed by atoms with Crippen LogP contribution in [0.1, 0.15) is 25.3 Å². The summed E-state index contributed by atoms with van der Waals surface area (Å²) in [5, 5.41) is 27.6. The van der Waals surface area contributed by atoms with Crippen LogP contribution in [0.5, 0.6) is 11.5 Å². The van der Waals surface area contributed by atoms with Crippen LogP contribution in [0, 0.1) is 4.77 Å². The topological polar surface area (TPSA) is 77.3 Å². The first-order chi connectivity index (χ1) is 12.3. The monoisotopic (exact) mass is 370 g/mol. The number of phenols is 2. The van der Waals surface area contributed by atoms with Crippen molar-refractivity contribution >= 4 is 17.9 Å². The van der Waals surface area contributed by atoms with Crippen LogP contribution in [0.15, 0.2) is 36.4 Å². The van der Waals surface area contributed by atoms with Crippen molar-refractivity contribution in [3.63, 3.8) is 0 Å². The van der Waals surface area contributed by atoms with Gasteiger partial charge in [-0.25, -0.2) is 0 Å². The minimum atomic E-state index is -0.0501. The number of rotatable bonds is 4. The Labute approximate surface area is 157 Å². The number of hydrogen-bond donors (Lipinski definition) is 3. The molecular weight excluding hydrogens is 348 g/mol. The fraction of sp³-hybridized carbons (Fsp3) is 0.263. The van der Waals surface area contributed by atoms with Crippen LogP contribution in [0.2, 0.25) is 0 Å². The lowest BCUT2D eigenvalue weighted by Crippen LogP contribution is -2.09. The van der Waals surface area contributed by atoms with Gasteiger partial charge in [0.05, 0.1) is 11.3 Å². The normalized spacial score (nSPS) is 11.1. The van der Waals surface area contributed by atoms with Crippen LogP contribution < -0.4 is 4.90 Å². The molecular formula is C19H22N4O2S. The summed E-state index contributed by atoms with van der Waals surface area (Å²) < 4.78 is 2.20. The van der Waals surface area contributed by atoms with Gasteiger partial charge in [-0.15, -0.1) is 0 Å². The Morgan fingerprint density at radius 1 is 1.12 bits per heavy atom. The van der Waals surface area contributed by atoms with E-state index in [1.807, 2.05) is 57.1 Å². The first kappa shape index (κ1) is 18.0. The third-order valence-corrected chi connectivity index (χ3v) is 4.56. The second kappa shape index (κ2) is 6.84. The highest BCUT2D eigenvalue weighted by molar-refractivity contribution is 7.71. The van der Waals surface area contributed by atoms with E-state index < -0.39 is 0 Å². The van der Waals surface area contributed by atoms with Crippen molar-refractivity contribution in [2.75, 3.05) is 19.0 Å². The molecule has 136 valence electrons. The Morgan fingerprint density at radius 2 is 1.85 bits per heavy atom. The van der Waals surface area contributed by atoms with Gasteiger partial charge in [0.15, 0.2) is 10.6 Å². The summed E-state index contributed by atoms with van der Waals surface area (Å²) in [5.74, 6) is 0.606. The fourth-order valence-electron chi connectivity index (χ4n) is 2.86. The molecule has 0 saturated heterocycles. The standard InChI is InChI=1S/C19H22N4O2S/c1-11(2)14-9-15(17(25)10-16(14)24)18-20-21-19(26)23(18)13-7-5-6-12(8-13)22(3)4/h5-11,24-25H,1-4H3,(H,21,26). The SMILES string of the molecule is CC(C)c1cc(-c2n[nH]c(=S)n2-c2cccc(N(C)C)c2)c(O)cc1O. The molecule has 0 aliphatic carbocycles. The molecule has 26 heavy (non-hydrogen) atoms. The number of anilines is 1. The van der Waals surface area contributed by atoms with E-state index in [4.69, 9.17) is 12.2 Å². The number of benzene rings is 2. The number of phenolic OH excluding ortho intramolecular Hbond substituents is 2. The summed E-state index contributed by atoms with van der Waals surface area (Å²) in [4.78, 5) is 2.00. The number of aromatic hydroxyl groups is 2. The molecule has 0 fully saturated rings. The molecule has 7 heteroatoms. The lowest BCUT2D eigenvalue weighted by atomic mass is 9.98. The molecule has 3 rings (SSSR count). The highest BCUT2D eigenvalue weighted by atomic mass is 32.1. The molecule has 3 N–H and O–H groups in total. The maximum absolute atomic E-state index is 10.4. The summed E-state index contributed by atoms with van der Waals surface area (Å²) in [6, 6.07) is 11.0. The van der Waals surface area contributed by atoms with Gasteiger partial charge in [0.25, 0.3) is 0 Å². The van der Waals surface area contributed by atoms with Crippen LogP contribution in [0.3, 0.4) is 0 Å². The zero-order chi connectivity index (χ0) is 19.0. The smallest absolute Gasteiger partial charge is 0.200 e. The molecule has 1 aromatic heterocycles. The van der Waals surface area contributed by atoms with Crippen molar-refractivity contribution in [3.05, 3.63) is 46.7 Å². The number of nitrogens with one attached hydrogen (secondary N) is 1. The summed E-state index contributed by atoms with van der Waals surface area (Å²) >= 11 is 5.42. The van der Waals surface area contributed by atoms with Crippen LogP contribution in [-0.2, 0) is 0 Å². The molecule has 0 radical (unpaired) electrons. The van der Waals surface area contributed by atoms with E-state index in [9.17, 15) is 10.2 Å². The Hall–Kier alpha value is -2.80. The maximum atomic E-state index is 10.4. The van der Waals surface area contributed by atoms with Gasteiger partial charge in [0.1, 0.15) is 11.5 Å². The molecule has 1 heterocycles. The van der Waals surface area contributed by atoms with Gasteiger partial charge >= 0.3 is 0 Å². The van der Waals surface area contributed by atoms with Crippen LogP contribution in [0.25, 0.3) is 17.1 Å². The summed E-state index contributed by atoms with van der Waals surface area (Å²) in [7, 11) is 3.94. The van der Waals surface area contributed by atoms with Gasteiger partial charge in [0, 0.05) is 25.8 Å². The lowest BCUT2D eigenvalue weighted by molar-refractivity contribution is 0.444. The third kappa shape index (κ3) is 3.17. The van der Waals surface area contributed by atoms with E-state index in [0.717, 1.165) is 16.9 Å². The molecule has 3 aromatic rings. The molecule has 0 aliphatic heterocycles. The van der Waals surface area contributed by atoms with Crippen LogP contribution >= 0.6 is 12.2 Å². The average molecular weight is 370 g/mol. The minimum absolute atomic E-state index is 0.0501. The van der Waals surface area contributed by atoms with Gasteiger partial charge in [-0.2, -0.15) is 5.10 Å². The second-order valence-corrected chi connectivity index (χ2v) is 7.07. The van der Waals surface area contributed by atoms with E-state index in [1.165, 1.54) is 6.07 Å². The summed E-state index contributed by atoms with van der Waals surface area (Å²) in [6.45, 7) is 3.96. The molecule has 0 bridgehead atoms. The zero-order valence-electron chi connectivity index (χ0n) is 15.2. The summed E-state index contributed by atoms with van der Waals surface area (Å²) in [6.07, 6.45) is 0. The minimum Gasteiger partial charge on any atom is -0.508 e. The highest BCUT2D eigenvalue weighted by Crippen LogP contribution is 2.38. The van der Waals surface area contributed by atoms with Crippen molar-refractivity contribution in [1.82, 2.24) is 14.8 Å². The number of aromatic amines is 1. The van der Waals surface area contributed by atoms with Crippen LogP contribution in [-0.4, -0.2) is 39.1 Å². The predicted octanol–water partition coefficient (Wildman–Crippen LogP) is 4.20. The van der Waals surface area contributed by atoms with E-state index in [1.54, 1.807) is 10.6 Å². The Morgan fingerprint density at radius 3 is 2.50 bits per heavy atom. The molecule has 2 aromatic carbocycles. The van der Waals surface area contributed by atoms with E-state index >= 15 is 0 Å². The summed E-state index contributed by atoms with van der Waals surface area (Å²) in [5.41, 5.74) is 3.10. The van der Waals surface area contributed by atoms with Gasteiger partial charge < -0.3 is 15.1 Å². The Balaban J connectivity index is 2.23. The largest absolute Gasteiger partial charge is 0.508 e. The number of hydrogen-bond acceptors (Lipinski definition) is 5. The fourth-order valence-corrected chi connectivity index (χ4v) is 3.10. The van der Waals surface area contributed by atoms with E-state index in [-0.39, 0.29) is 17.4 Å². The number of H-pyrrole nitrogens is 1. The van der Waals surface area contributed by atoms with Crippen molar-refractivity contribution in [1.29, 1.82) is 0 Å². The Kier molecular flexibility index (Phi) is 4.73. The lowest BCUT2D eigenvalue weighted by Gasteiger charge is -2.16. The quantitative estimate of drug-likeness (QED) is 0.600. The van der Waals surface area contributed by atoms with Crippen molar-refractivity contribution in [2.24, 2.45) is 0 Å². The van der Waals surface area contributed by atoms with Gasteiger partial charge in [-0.3, -0.25) is 9.67 Å². The third-order valence-electron chi connectivity index (χ3n) is 4.28. The first-order valence-corrected chi connectivity index (χ1v) is 8.72. The van der Waals surface area contributed by atoms with Gasteiger partial charge in [-0.1, -0.05) is 19.9 Å². The van der Waals surface area contributed by atoms with Crippen LogP contribution in [0.4, 0.5) is 5.69 Å². The van der Waals surface area contributed by atoms with E-state index in [0.29, 0.717) is 16.2 Å². The van der Waals surface area contributed by atoms with E-state index in [2.05, 4.69) is 10.2 Å². The molecule has 0 spiro atoms. The highest BCUT2D eigenvalue weighted by Gasteiger charge is 2.18. The second-order valence-electron chi connectivity index (χ2n) is 6.68. The average Bonchev–Trinajstić information content (AvgIpc) is 2.96. The predicted molar refractivity (Wildman–Crippen MR) is 106 cm³/mol. The number of nitrogens with zero attached hydrogens (tertiary/aromatic N) is 3. The van der Waals surface area contributed by atoms with Crippen molar-refractivity contribution in [2.45, 2.75) is 19.8 Å².